The van der Waals surface area contributed by atoms with Crippen molar-refractivity contribution in [3.8, 4) is 0 Å². The normalized spacial score (nSPS) is 11.2. The van der Waals surface area contributed by atoms with Crippen molar-refractivity contribution in [2.24, 2.45) is 0 Å². The van der Waals surface area contributed by atoms with Crippen molar-refractivity contribution in [2.45, 2.75) is 12.8 Å². The van der Waals surface area contributed by atoms with Crippen LogP contribution in [0.25, 0.3) is 0 Å². The Morgan fingerprint density at radius 3 is 2.41 bits per heavy atom. The zero-order chi connectivity index (χ0) is 12.8. The molecule has 17 heavy (non-hydrogen) atoms. The van der Waals surface area contributed by atoms with Crippen LogP contribution < -0.4 is 0 Å². The van der Waals surface area contributed by atoms with Crippen molar-refractivity contribution in [3.05, 3.63) is 35.6 Å². The van der Waals surface area contributed by atoms with E-state index in [1.807, 2.05) is 0 Å². The predicted octanol–water partition coefficient (Wildman–Crippen LogP) is 2.60. The lowest BCUT2D eigenvalue weighted by molar-refractivity contribution is 0.0881. The van der Waals surface area contributed by atoms with Gasteiger partial charge in [-0.1, -0.05) is 0 Å². The van der Waals surface area contributed by atoms with Crippen molar-refractivity contribution >= 4 is 5.78 Å². The lowest BCUT2D eigenvalue weighted by Gasteiger charge is -2.14. The molecule has 0 bridgehead atoms. The molecule has 0 atom stereocenters. The van der Waals surface area contributed by atoms with Gasteiger partial charge in [0.2, 0.25) is 0 Å². The average molecular weight is 245 g/mol. The average Bonchev–Trinajstić information content (AvgIpc) is 2.26. The van der Waals surface area contributed by atoms with Gasteiger partial charge in [-0.25, -0.2) is 13.2 Å². The van der Waals surface area contributed by atoms with E-state index < -0.39 is 12.2 Å². The zero-order valence-corrected chi connectivity index (χ0v) is 9.50. The maximum atomic E-state index is 12.6. The summed E-state index contributed by atoms with van der Waals surface area (Å²) in [5.74, 6) is -0.581. The number of Topliss-reactive ketones (excluding diaryl/α,β-unsaturated/α-hetero) is 1. The van der Waals surface area contributed by atoms with Gasteiger partial charge in [-0.15, -0.1) is 0 Å². The molecule has 1 rings (SSSR count). The van der Waals surface area contributed by atoms with E-state index in [0.717, 1.165) is 0 Å². The Labute approximate surface area is 98.0 Å². The van der Waals surface area contributed by atoms with Crippen LogP contribution in [0.15, 0.2) is 24.3 Å². The van der Waals surface area contributed by atoms with Crippen molar-refractivity contribution in [1.29, 1.82) is 0 Å². The Bertz CT molecular complexity index is 365. The van der Waals surface area contributed by atoms with Crippen LogP contribution in [0, 0.1) is 5.82 Å². The summed E-state index contributed by atoms with van der Waals surface area (Å²) in [6.07, 6.45) is -2.25. The summed E-state index contributed by atoms with van der Waals surface area (Å²) < 4.78 is 36.6. The molecule has 0 fully saturated rings. The lowest BCUT2D eigenvalue weighted by atomic mass is 10.1. The molecule has 0 saturated carbocycles. The number of rotatable bonds is 6. The van der Waals surface area contributed by atoms with Gasteiger partial charge in [0.15, 0.2) is 5.78 Å². The largest absolute Gasteiger partial charge is 0.300 e. The van der Waals surface area contributed by atoms with Gasteiger partial charge in [-0.2, -0.15) is 0 Å². The van der Waals surface area contributed by atoms with E-state index in [1.165, 1.54) is 36.2 Å². The number of hydrogen-bond acceptors (Lipinski definition) is 2. The molecule has 0 saturated heterocycles. The Morgan fingerprint density at radius 1 is 1.29 bits per heavy atom. The van der Waals surface area contributed by atoms with Gasteiger partial charge < -0.3 is 4.90 Å². The number of hydrogen-bond donors (Lipinski definition) is 0. The monoisotopic (exact) mass is 245 g/mol. The van der Waals surface area contributed by atoms with Gasteiger partial charge in [-0.05, 0) is 31.3 Å². The highest BCUT2D eigenvalue weighted by atomic mass is 19.3. The van der Waals surface area contributed by atoms with Crippen LogP contribution in [0.2, 0.25) is 0 Å². The molecule has 0 heterocycles. The van der Waals surface area contributed by atoms with Gasteiger partial charge in [0.1, 0.15) is 5.82 Å². The van der Waals surface area contributed by atoms with Crippen LogP contribution in [-0.4, -0.2) is 37.2 Å². The summed E-state index contributed by atoms with van der Waals surface area (Å²) in [7, 11) is 1.53. The summed E-state index contributed by atoms with van der Waals surface area (Å²) in [5, 5.41) is 0. The molecule has 0 aliphatic carbocycles. The highest BCUT2D eigenvalue weighted by Gasteiger charge is 2.10. The summed E-state index contributed by atoms with van der Waals surface area (Å²) in [6.45, 7) is -0.0861. The highest BCUT2D eigenvalue weighted by molar-refractivity contribution is 5.96. The van der Waals surface area contributed by atoms with E-state index in [-0.39, 0.29) is 25.3 Å². The van der Waals surface area contributed by atoms with Gasteiger partial charge >= 0.3 is 0 Å². The van der Waals surface area contributed by atoms with Gasteiger partial charge in [0.05, 0.1) is 6.54 Å². The fraction of sp³-hybridized carbons (Fsp3) is 0.417. The molecule has 1 aromatic rings. The predicted molar refractivity (Wildman–Crippen MR) is 58.8 cm³/mol. The molecule has 94 valence electrons. The topological polar surface area (TPSA) is 20.3 Å². The molecule has 1 aromatic carbocycles. The van der Waals surface area contributed by atoms with E-state index >= 15 is 0 Å². The molecule has 0 aliphatic rings. The fourth-order valence-corrected chi connectivity index (χ4v) is 1.40. The maximum absolute atomic E-state index is 12.6. The van der Waals surface area contributed by atoms with Crippen molar-refractivity contribution in [2.75, 3.05) is 20.1 Å². The zero-order valence-electron chi connectivity index (χ0n) is 9.50. The van der Waals surface area contributed by atoms with E-state index in [1.54, 1.807) is 0 Å². The lowest BCUT2D eigenvalue weighted by Crippen LogP contribution is -2.27. The minimum atomic E-state index is -2.40. The molecular weight excluding hydrogens is 231 g/mol. The van der Waals surface area contributed by atoms with E-state index in [4.69, 9.17) is 0 Å². The van der Waals surface area contributed by atoms with Gasteiger partial charge in [-0.3, -0.25) is 4.79 Å². The Hall–Kier alpha value is -1.36. The van der Waals surface area contributed by atoms with Crippen molar-refractivity contribution < 1.29 is 18.0 Å². The van der Waals surface area contributed by atoms with Crippen LogP contribution in [0.4, 0.5) is 13.2 Å². The summed E-state index contributed by atoms with van der Waals surface area (Å²) in [4.78, 5) is 13.0. The molecule has 5 heteroatoms. The smallest absolute Gasteiger partial charge is 0.251 e. The van der Waals surface area contributed by atoms with Crippen LogP contribution in [0.1, 0.15) is 16.8 Å². The maximum Gasteiger partial charge on any atom is 0.251 e. The molecule has 2 nitrogen and oxygen atoms in total. The van der Waals surface area contributed by atoms with Crippen LogP contribution >= 0.6 is 0 Å². The number of ketones is 1. The third-order valence-electron chi connectivity index (χ3n) is 2.34. The second-order valence-corrected chi connectivity index (χ2v) is 3.83. The number of nitrogens with zero attached hydrogens (tertiary/aromatic N) is 1. The Morgan fingerprint density at radius 2 is 1.88 bits per heavy atom. The number of carbonyl (C=O) groups excluding carboxylic acids is 1. The number of halogens is 3. The number of alkyl halides is 2. The van der Waals surface area contributed by atoms with Gasteiger partial charge in [0.25, 0.3) is 6.43 Å². The third-order valence-corrected chi connectivity index (χ3v) is 2.34. The molecule has 0 unspecified atom stereocenters. The molecular formula is C12H14F3NO. The van der Waals surface area contributed by atoms with Crippen LogP contribution in [-0.2, 0) is 0 Å². The molecule has 0 aliphatic heterocycles. The molecule has 0 spiro atoms. The quantitative estimate of drug-likeness (QED) is 0.718. The Kier molecular flexibility index (Phi) is 5.15. The first-order valence-corrected chi connectivity index (χ1v) is 5.24. The first kappa shape index (κ1) is 13.7. The third kappa shape index (κ3) is 4.99. The molecule has 0 N–H and O–H groups in total. The van der Waals surface area contributed by atoms with E-state index in [2.05, 4.69) is 0 Å². The second-order valence-electron chi connectivity index (χ2n) is 3.83. The summed E-state index contributed by atoms with van der Waals surface area (Å²) >= 11 is 0. The van der Waals surface area contributed by atoms with Crippen molar-refractivity contribution in [3.63, 3.8) is 0 Å². The SMILES string of the molecule is CN(CCC(=O)c1ccc(F)cc1)CC(F)F. The second kappa shape index (κ2) is 6.39. The van der Waals surface area contributed by atoms with Crippen LogP contribution in [0.5, 0.6) is 0 Å². The first-order valence-electron chi connectivity index (χ1n) is 5.24. The summed E-state index contributed by atoms with van der Waals surface area (Å²) in [6, 6.07) is 5.20. The molecule has 0 aromatic heterocycles. The fourth-order valence-electron chi connectivity index (χ4n) is 1.40. The molecule has 0 radical (unpaired) electrons. The first-order chi connectivity index (χ1) is 7.99. The van der Waals surface area contributed by atoms with Gasteiger partial charge in [0, 0.05) is 18.5 Å². The summed E-state index contributed by atoms with van der Waals surface area (Å²) in [5.41, 5.74) is 0.400. The standard InChI is InChI=1S/C12H14F3NO/c1-16(8-12(14)15)7-6-11(17)9-2-4-10(13)5-3-9/h2-5,12H,6-8H2,1H3. The van der Waals surface area contributed by atoms with Crippen LogP contribution in [0.3, 0.4) is 0 Å². The molecule has 0 amide bonds. The van der Waals surface area contributed by atoms with Crippen molar-refractivity contribution in [1.82, 2.24) is 4.90 Å². The van der Waals surface area contributed by atoms with E-state index in [0.29, 0.717) is 5.56 Å². The van der Waals surface area contributed by atoms with E-state index in [9.17, 15) is 18.0 Å². The number of carbonyl (C=O) groups is 1. The minimum Gasteiger partial charge on any atom is -0.300 e. The highest BCUT2D eigenvalue weighted by Crippen LogP contribution is 2.06. The Balaban J connectivity index is 2.42. The minimum absolute atomic E-state index is 0.148. The number of benzene rings is 1.